The van der Waals surface area contributed by atoms with Crippen molar-refractivity contribution in [1.29, 1.82) is 0 Å². The van der Waals surface area contributed by atoms with Crippen LogP contribution < -0.4 is 5.32 Å². The van der Waals surface area contributed by atoms with Gasteiger partial charge in [0, 0.05) is 18.6 Å². The third-order valence-corrected chi connectivity index (χ3v) is 3.84. The predicted molar refractivity (Wildman–Crippen MR) is 74.3 cm³/mol. The van der Waals surface area contributed by atoms with Crippen molar-refractivity contribution in [2.24, 2.45) is 5.92 Å². The Bertz CT molecular complexity index is 227. The summed E-state index contributed by atoms with van der Waals surface area (Å²) in [6.45, 7) is 12.9. The molecule has 0 aliphatic carbocycles. The van der Waals surface area contributed by atoms with Gasteiger partial charge in [-0.25, -0.2) is 0 Å². The molecule has 0 spiro atoms. The van der Waals surface area contributed by atoms with E-state index in [1.807, 2.05) is 0 Å². The minimum atomic E-state index is 0.453. The molecule has 0 bridgehead atoms. The second kappa shape index (κ2) is 7.88. The van der Waals surface area contributed by atoms with E-state index >= 15 is 0 Å². The molecule has 1 aliphatic heterocycles. The molecule has 0 aromatic rings. The number of rotatable bonds is 8. The largest absolute Gasteiger partial charge is 0.378 e. The summed E-state index contributed by atoms with van der Waals surface area (Å²) < 4.78 is 5.82. The van der Waals surface area contributed by atoms with Gasteiger partial charge in [0.05, 0.1) is 6.10 Å². The molecule has 3 atom stereocenters. The quantitative estimate of drug-likeness (QED) is 0.654. The van der Waals surface area contributed by atoms with Crippen LogP contribution >= 0.6 is 0 Å². The fraction of sp³-hybridized carbons (Fsp3) is 0.867. The molecule has 2 nitrogen and oxygen atoms in total. The van der Waals surface area contributed by atoms with E-state index in [0.29, 0.717) is 18.1 Å². The van der Waals surface area contributed by atoms with Crippen molar-refractivity contribution in [3.05, 3.63) is 12.2 Å². The lowest BCUT2D eigenvalue weighted by Crippen LogP contribution is -2.40. The Morgan fingerprint density at radius 2 is 2.18 bits per heavy atom. The predicted octanol–water partition coefficient (Wildman–Crippen LogP) is 3.53. The molecule has 0 radical (unpaired) electrons. The van der Waals surface area contributed by atoms with Crippen LogP contribution in [0.4, 0.5) is 0 Å². The van der Waals surface area contributed by atoms with Crippen molar-refractivity contribution >= 4 is 0 Å². The maximum Gasteiger partial charge on any atom is 0.0616 e. The molecule has 1 aliphatic rings. The molecule has 3 unspecified atom stereocenters. The van der Waals surface area contributed by atoms with Crippen LogP contribution in [0.5, 0.6) is 0 Å². The van der Waals surface area contributed by atoms with Gasteiger partial charge in [-0.05, 0) is 38.6 Å². The van der Waals surface area contributed by atoms with Gasteiger partial charge in [-0.3, -0.25) is 0 Å². The molecular formula is C15H29NO. The first-order chi connectivity index (χ1) is 8.22. The van der Waals surface area contributed by atoms with Crippen LogP contribution in [0.3, 0.4) is 0 Å². The third-order valence-electron chi connectivity index (χ3n) is 3.84. The fourth-order valence-electron chi connectivity index (χ4n) is 2.71. The first kappa shape index (κ1) is 14.7. The van der Waals surface area contributed by atoms with Gasteiger partial charge in [-0.2, -0.15) is 0 Å². The molecule has 1 fully saturated rings. The molecule has 0 saturated carbocycles. The number of hydrogen-bond acceptors (Lipinski definition) is 2. The van der Waals surface area contributed by atoms with Crippen molar-refractivity contribution in [3.63, 3.8) is 0 Å². The lowest BCUT2D eigenvalue weighted by Gasteiger charge is -2.28. The Morgan fingerprint density at radius 1 is 1.41 bits per heavy atom. The van der Waals surface area contributed by atoms with Gasteiger partial charge in [0.25, 0.3) is 0 Å². The van der Waals surface area contributed by atoms with E-state index in [0.717, 1.165) is 32.4 Å². The monoisotopic (exact) mass is 239 g/mol. The lowest BCUT2D eigenvalue weighted by molar-refractivity contribution is 0.0774. The summed E-state index contributed by atoms with van der Waals surface area (Å²) in [5.41, 5.74) is 1.36. The maximum atomic E-state index is 5.82. The van der Waals surface area contributed by atoms with E-state index in [-0.39, 0.29) is 0 Å². The van der Waals surface area contributed by atoms with Crippen molar-refractivity contribution in [2.75, 3.05) is 13.2 Å². The zero-order valence-corrected chi connectivity index (χ0v) is 11.8. The Labute approximate surface area is 107 Å². The van der Waals surface area contributed by atoms with Gasteiger partial charge in [-0.15, -0.1) is 0 Å². The van der Waals surface area contributed by atoms with E-state index in [9.17, 15) is 0 Å². The summed E-state index contributed by atoms with van der Waals surface area (Å²) in [6.07, 6.45) is 6.19. The van der Waals surface area contributed by atoms with E-state index in [4.69, 9.17) is 4.74 Å². The standard InChI is InChI=1S/C15H29NO/c1-5-9-16-14(11-12(4)6-2)13-8-10-17-15(13)7-3/h13-16H,4-11H2,1-3H3. The molecule has 17 heavy (non-hydrogen) atoms. The van der Waals surface area contributed by atoms with Gasteiger partial charge in [0.1, 0.15) is 0 Å². The highest BCUT2D eigenvalue weighted by Crippen LogP contribution is 2.29. The van der Waals surface area contributed by atoms with Gasteiger partial charge in [0.15, 0.2) is 0 Å². The van der Waals surface area contributed by atoms with Crippen LogP contribution in [0.2, 0.25) is 0 Å². The molecule has 1 heterocycles. The fourth-order valence-corrected chi connectivity index (χ4v) is 2.71. The minimum Gasteiger partial charge on any atom is -0.378 e. The number of ether oxygens (including phenoxy) is 1. The highest BCUT2D eigenvalue weighted by Gasteiger charge is 2.33. The van der Waals surface area contributed by atoms with E-state index in [1.165, 1.54) is 18.4 Å². The Hall–Kier alpha value is -0.340. The maximum absolute atomic E-state index is 5.82. The molecule has 100 valence electrons. The lowest BCUT2D eigenvalue weighted by atomic mass is 9.87. The summed E-state index contributed by atoms with van der Waals surface area (Å²) in [4.78, 5) is 0. The summed E-state index contributed by atoms with van der Waals surface area (Å²) in [7, 11) is 0. The Balaban J connectivity index is 2.57. The normalized spacial score (nSPS) is 26.1. The molecule has 1 rings (SSSR count). The smallest absolute Gasteiger partial charge is 0.0616 e. The topological polar surface area (TPSA) is 21.3 Å². The first-order valence-corrected chi connectivity index (χ1v) is 7.24. The van der Waals surface area contributed by atoms with E-state index in [2.05, 4.69) is 32.7 Å². The van der Waals surface area contributed by atoms with Crippen LogP contribution in [0.25, 0.3) is 0 Å². The van der Waals surface area contributed by atoms with E-state index < -0.39 is 0 Å². The Kier molecular flexibility index (Phi) is 6.83. The average Bonchev–Trinajstić information content (AvgIpc) is 2.82. The summed E-state index contributed by atoms with van der Waals surface area (Å²) in [5, 5.41) is 3.70. The average molecular weight is 239 g/mol. The zero-order chi connectivity index (χ0) is 12.7. The first-order valence-electron chi connectivity index (χ1n) is 7.24. The van der Waals surface area contributed by atoms with Crippen LogP contribution in [0.15, 0.2) is 12.2 Å². The molecule has 0 amide bonds. The molecule has 0 aromatic carbocycles. The minimum absolute atomic E-state index is 0.453. The summed E-state index contributed by atoms with van der Waals surface area (Å²) >= 11 is 0. The molecule has 1 saturated heterocycles. The number of nitrogens with one attached hydrogen (secondary N) is 1. The van der Waals surface area contributed by atoms with E-state index in [1.54, 1.807) is 0 Å². The van der Waals surface area contributed by atoms with Gasteiger partial charge >= 0.3 is 0 Å². The second-order valence-electron chi connectivity index (χ2n) is 5.14. The van der Waals surface area contributed by atoms with Crippen LogP contribution in [0, 0.1) is 5.92 Å². The van der Waals surface area contributed by atoms with Crippen LogP contribution in [-0.2, 0) is 4.74 Å². The second-order valence-corrected chi connectivity index (χ2v) is 5.14. The number of hydrogen-bond donors (Lipinski definition) is 1. The van der Waals surface area contributed by atoms with Crippen molar-refractivity contribution in [2.45, 2.75) is 65.0 Å². The molecule has 1 N–H and O–H groups in total. The molecule has 2 heteroatoms. The van der Waals surface area contributed by atoms with Crippen molar-refractivity contribution in [1.82, 2.24) is 5.32 Å². The summed E-state index contributed by atoms with van der Waals surface area (Å²) in [6, 6.07) is 0.565. The van der Waals surface area contributed by atoms with Crippen LogP contribution in [0.1, 0.15) is 52.9 Å². The highest BCUT2D eigenvalue weighted by atomic mass is 16.5. The molecular weight excluding hydrogens is 210 g/mol. The van der Waals surface area contributed by atoms with Gasteiger partial charge in [0.2, 0.25) is 0 Å². The highest BCUT2D eigenvalue weighted by molar-refractivity contribution is 5.00. The summed E-state index contributed by atoms with van der Waals surface area (Å²) in [5.74, 6) is 0.676. The zero-order valence-electron chi connectivity index (χ0n) is 11.8. The van der Waals surface area contributed by atoms with Crippen molar-refractivity contribution < 1.29 is 4.74 Å². The van der Waals surface area contributed by atoms with Crippen molar-refractivity contribution in [3.8, 4) is 0 Å². The molecule has 0 aromatic heterocycles. The Morgan fingerprint density at radius 3 is 2.76 bits per heavy atom. The van der Waals surface area contributed by atoms with Crippen LogP contribution in [-0.4, -0.2) is 25.3 Å². The third kappa shape index (κ3) is 4.44. The SMILES string of the molecule is C=C(CC)CC(NCCC)C1CCOC1CC. The van der Waals surface area contributed by atoms with Gasteiger partial charge < -0.3 is 10.1 Å². The van der Waals surface area contributed by atoms with Gasteiger partial charge in [-0.1, -0.05) is 32.9 Å².